The molecule has 2 aromatic carbocycles. The number of allylic oxidation sites excluding steroid dienone is 1. The summed E-state index contributed by atoms with van der Waals surface area (Å²) in [5.41, 5.74) is 4.82. The maximum Gasteiger partial charge on any atom is 0.163 e. The number of carbonyl (C=O) groups excluding carboxylic acids is 1. The SMILES string of the molecule is CCCOc1ccccc1[C@H]1Nc2ccccc2NC2=C1C(=O)CC(C)(C)C2. The molecule has 0 aromatic heterocycles. The van der Waals surface area contributed by atoms with Gasteiger partial charge in [-0.05, 0) is 36.5 Å². The van der Waals surface area contributed by atoms with Crippen LogP contribution in [0.4, 0.5) is 11.4 Å². The Morgan fingerprint density at radius 2 is 1.75 bits per heavy atom. The maximum absolute atomic E-state index is 13.3. The van der Waals surface area contributed by atoms with Gasteiger partial charge in [0.05, 0.1) is 24.0 Å². The number of anilines is 2. The topological polar surface area (TPSA) is 50.4 Å². The molecule has 4 heteroatoms. The lowest BCUT2D eigenvalue weighted by Crippen LogP contribution is -2.31. The largest absolute Gasteiger partial charge is 0.493 e. The van der Waals surface area contributed by atoms with E-state index in [9.17, 15) is 4.79 Å². The highest BCUT2D eigenvalue weighted by molar-refractivity contribution is 6.01. The van der Waals surface area contributed by atoms with Crippen molar-refractivity contribution >= 4 is 17.2 Å². The predicted octanol–water partition coefficient (Wildman–Crippen LogP) is 5.70. The molecule has 1 aliphatic heterocycles. The van der Waals surface area contributed by atoms with E-state index in [-0.39, 0.29) is 17.2 Å². The average Bonchev–Trinajstić information content (AvgIpc) is 2.82. The van der Waals surface area contributed by atoms with Gasteiger partial charge in [-0.3, -0.25) is 4.79 Å². The quantitative estimate of drug-likeness (QED) is 0.719. The molecule has 0 bridgehead atoms. The molecule has 28 heavy (non-hydrogen) atoms. The Kier molecular flexibility index (Phi) is 4.88. The number of rotatable bonds is 4. The van der Waals surface area contributed by atoms with Crippen LogP contribution < -0.4 is 15.4 Å². The monoisotopic (exact) mass is 376 g/mol. The Morgan fingerprint density at radius 1 is 1.04 bits per heavy atom. The van der Waals surface area contributed by atoms with E-state index in [1.54, 1.807) is 0 Å². The number of hydrogen-bond acceptors (Lipinski definition) is 4. The van der Waals surface area contributed by atoms with Crippen molar-refractivity contribution in [3.05, 3.63) is 65.4 Å². The van der Waals surface area contributed by atoms with Crippen LogP contribution in [0.5, 0.6) is 5.75 Å². The molecule has 0 radical (unpaired) electrons. The fourth-order valence-electron chi connectivity index (χ4n) is 4.19. The van der Waals surface area contributed by atoms with Crippen LogP contribution in [0.3, 0.4) is 0 Å². The molecule has 0 spiro atoms. The smallest absolute Gasteiger partial charge is 0.163 e. The lowest BCUT2D eigenvalue weighted by molar-refractivity contribution is -0.118. The van der Waals surface area contributed by atoms with E-state index in [4.69, 9.17) is 4.74 Å². The summed E-state index contributed by atoms with van der Waals surface area (Å²) in [6, 6.07) is 16.0. The Hall–Kier alpha value is -2.75. The summed E-state index contributed by atoms with van der Waals surface area (Å²) < 4.78 is 6.03. The van der Waals surface area contributed by atoms with Crippen molar-refractivity contribution in [3.8, 4) is 5.75 Å². The molecule has 4 rings (SSSR count). The summed E-state index contributed by atoms with van der Waals surface area (Å²) in [5, 5.41) is 7.19. The van der Waals surface area contributed by atoms with Crippen LogP contribution in [0.15, 0.2) is 59.8 Å². The molecule has 0 saturated heterocycles. The summed E-state index contributed by atoms with van der Waals surface area (Å²) in [6.07, 6.45) is 2.34. The van der Waals surface area contributed by atoms with Gasteiger partial charge in [0, 0.05) is 23.3 Å². The number of nitrogens with one attached hydrogen (secondary N) is 2. The van der Waals surface area contributed by atoms with Gasteiger partial charge in [0.15, 0.2) is 5.78 Å². The fourth-order valence-corrected chi connectivity index (χ4v) is 4.19. The van der Waals surface area contributed by atoms with E-state index in [1.807, 2.05) is 30.3 Å². The number of Topliss-reactive ketones (excluding diaryl/α,β-unsaturated/α-hetero) is 1. The lowest BCUT2D eigenvalue weighted by Gasteiger charge is -2.34. The second-order valence-electron chi connectivity index (χ2n) is 8.47. The van der Waals surface area contributed by atoms with Gasteiger partial charge in [-0.1, -0.05) is 51.1 Å². The highest BCUT2D eigenvalue weighted by atomic mass is 16.5. The zero-order chi connectivity index (χ0) is 19.7. The molecule has 1 aliphatic carbocycles. The van der Waals surface area contributed by atoms with Gasteiger partial charge in [0.1, 0.15) is 5.75 Å². The van der Waals surface area contributed by atoms with Crippen molar-refractivity contribution in [3.63, 3.8) is 0 Å². The van der Waals surface area contributed by atoms with Gasteiger partial charge in [0.2, 0.25) is 0 Å². The molecular formula is C24H28N2O2. The van der Waals surface area contributed by atoms with Crippen molar-refractivity contribution < 1.29 is 9.53 Å². The minimum atomic E-state index is -0.234. The van der Waals surface area contributed by atoms with Crippen LogP contribution in [-0.4, -0.2) is 12.4 Å². The summed E-state index contributed by atoms with van der Waals surface area (Å²) >= 11 is 0. The molecule has 4 nitrogen and oxygen atoms in total. The van der Waals surface area contributed by atoms with E-state index in [2.05, 4.69) is 49.6 Å². The van der Waals surface area contributed by atoms with E-state index < -0.39 is 0 Å². The summed E-state index contributed by atoms with van der Waals surface area (Å²) in [7, 11) is 0. The molecule has 2 aromatic rings. The average molecular weight is 377 g/mol. The molecular weight excluding hydrogens is 348 g/mol. The number of ketones is 1. The Balaban J connectivity index is 1.86. The number of ether oxygens (including phenoxy) is 1. The van der Waals surface area contributed by atoms with Crippen LogP contribution >= 0.6 is 0 Å². The standard InChI is InChI=1S/C24H28N2O2/c1-4-13-28-21-12-8-5-9-16(21)23-22-19(14-24(2,3)15-20(22)27)25-17-10-6-7-11-18(17)26-23/h5-12,23,25-26H,4,13-15H2,1-3H3/t23-/m1/s1. The zero-order valence-corrected chi connectivity index (χ0v) is 16.8. The Bertz CT molecular complexity index is 930. The van der Waals surface area contributed by atoms with Crippen molar-refractivity contribution in [2.24, 2.45) is 5.41 Å². The van der Waals surface area contributed by atoms with Gasteiger partial charge in [-0.15, -0.1) is 0 Å². The second kappa shape index (κ2) is 7.34. The van der Waals surface area contributed by atoms with Crippen LogP contribution in [0.2, 0.25) is 0 Å². The third-order valence-electron chi connectivity index (χ3n) is 5.41. The van der Waals surface area contributed by atoms with Crippen molar-refractivity contribution in [1.82, 2.24) is 0 Å². The van der Waals surface area contributed by atoms with Crippen molar-refractivity contribution in [1.29, 1.82) is 0 Å². The number of hydrogen-bond donors (Lipinski definition) is 2. The number of fused-ring (bicyclic) bond motifs is 1. The van der Waals surface area contributed by atoms with E-state index in [1.165, 1.54) is 0 Å². The molecule has 1 atom stereocenters. The molecule has 1 heterocycles. The second-order valence-corrected chi connectivity index (χ2v) is 8.47. The van der Waals surface area contributed by atoms with Crippen LogP contribution in [0.25, 0.3) is 0 Å². The van der Waals surface area contributed by atoms with Gasteiger partial charge in [-0.2, -0.15) is 0 Å². The molecule has 0 unspecified atom stereocenters. The molecule has 2 aliphatic rings. The molecule has 0 fully saturated rings. The molecule has 0 saturated carbocycles. The Morgan fingerprint density at radius 3 is 2.54 bits per heavy atom. The van der Waals surface area contributed by atoms with Crippen molar-refractivity contribution in [2.75, 3.05) is 17.2 Å². The lowest BCUT2D eigenvalue weighted by atomic mass is 9.73. The first-order chi connectivity index (χ1) is 13.5. The van der Waals surface area contributed by atoms with Crippen LogP contribution in [0, 0.1) is 5.41 Å². The normalized spacial score (nSPS) is 20.4. The van der Waals surface area contributed by atoms with Crippen LogP contribution in [0.1, 0.15) is 51.6 Å². The van der Waals surface area contributed by atoms with Crippen LogP contribution in [-0.2, 0) is 4.79 Å². The Labute approximate surface area is 167 Å². The van der Waals surface area contributed by atoms with Gasteiger partial charge in [-0.25, -0.2) is 0 Å². The van der Waals surface area contributed by atoms with E-state index >= 15 is 0 Å². The maximum atomic E-state index is 13.3. The first-order valence-corrected chi connectivity index (χ1v) is 10.1. The number of carbonyl (C=O) groups is 1. The first kappa shape index (κ1) is 18.6. The molecule has 0 amide bonds. The van der Waals surface area contributed by atoms with Gasteiger partial charge < -0.3 is 15.4 Å². The van der Waals surface area contributed by atoms with Gasteiger partial charge in [0.25, 0.3) is 0 Å². The van der Waals surface area contributed by atoms with Gasteiger partial charge >= 0.3 is 0 Å². The third kappa shape index (κ3) is 3.51. The molecule has 2 N–H and O–H groups in total. The first-order valence-electron chi connectivity index (χ1n) is 10.1. The predicted molar refractivity (Wildman–Crippen MR) is 114 cm³/mol. The van der Waals surface area contributed by atoms with Crippen molar-refractivity contribution in [2.45, 2.75) is 46.1 Å². The molecule has 146 valence electrons. The highest BCUT2D eigenvalue weighted by Gasteiger charge is 2.39. The summed E-state index contributed by atoms with van der Waals surface area (Å²) in [4.78, 5) is 13.3. The number of para-hydroxylation sites is 3. The summed E-state index contributed by atoms with van der Waals surface area (Å²) in [6.45, 7) is 7.08. The fraction of sp³-hybridized carbons (Fsp3) is 0.375. The highest BCUT2D eigenvalue weighted by Crippen LogP contribution is 2.46. The summed E-state index contributed by atoms with van der Waals surface area (Å²) in [5.74, 6) is 1.04. The minimum absolute atomic E-state index is 0.0506. The van der Waals surface area contributed by atoms with E-state index in [0.717, 1.165) is 46.8 Å². The minimum Gasteiger partial charge on any atom is -0.493 e. The third-order valence-corrected chi connectivity index (χ3v) is 5.41. The number of benzene rings is 2. The van der Waals surface area contributed by atoms with E-state index in [0.29, 0.717) is 13.0 Å². The zero-order valence-electron chi connectivity index (χ0n) is 16.8.